The lowest BCUT2D eigenvalue weighted by Crippen LogP contribution is -2.03. The van der Waals surface area contributed by atoms with E-state index in [1.165, 1.54) is 6.07 Å². The molecule has 5 heteroatoms. The molecule has 20 heavy (non-hydrogen) atoms. The van der Waals surface area contributed by atoms with E-state index >= 15 is 0 Å². The van der Waals surface area contributed by atoms with Gasteiger partial charge in [0.2, 0.25) is 0 Å². The number of nitrogens with zero attached hydrogens (tertiary/aromatic N) is 1. The summed E-state index contributed by atoms with van der Waals surface area (Å²) in [4.78, 5) is 16.6. The zero-order chi connectivity index (χ0) is 14.7. The van der Waals surface area contributed by atoms with Crippen LogP contribution in [0.1, 0.15) is 45.7 Å². The average Bonchev–Trinajstić information content (AvgIpc) is 2.78. The molecule has 0 saturated carbocycles. The Kier molecular flexibility index (Phi) is 4.39. The van der Waals surface area contributed by atoms with Crippen molar-refractivity contribution in [2.45, 2.75) is 33.3 Å². The zero-order valence-electron chi connectivity index (χ0n) is 11.7. The van der Waals surface area contributed by atoms with Crippen LogP contribution in [0.5, 0.6) is 5.75 Å². The van der Waals surface area contributed by atoms with Gasteiger partial charge in [0.1, 0.15) is 17.9 Å². The predicted molar refractivity (Wildman–Crippen MR) is 78.7 cm³/mol. The van der Waals surface area contributed by atoms with Gasteiger partial charge in [0.25, 0.3) is 0 Å². The van der Waals surface area contributed by atoms with Gasteiger partial charge in [-0.25, -0.2) is 9.78 Å². The van der Waals surface area contributed by atoms with Crippen LogP contribution in [0, 0.1) is 6.92 Å². The van der Waals surface area contributed by atoms with E-state index in [1.54, 1.807) is 29.5 Å². The van der Waals surface area contributed by atoms with Gasteiger partial charge in [0.15, 0.2) is 0 Å². The minimum atomic E-state index is -0.982. The number of benzene rings is 1. The summed E-state index contributed by atoms with van der Waals surface area (Å²) in [6, 6.07) is 6.66. The Balaban J connectivity index is 2.15. The van der Waals surface area contributed by atoms with E-state index in [-0.39, 0.29) is 5.56 Å². The molecule has 0 unspecified atom stereocenters. The van der Waals surface area contributed by atoms with Crippen LogP contribution in [0.25, 0.3) is 0 Å². The van der Waals surface area contributed by atoms with E-state index < -0.39 is 5.97 Å². The van der Waals surface area contributed by atoms with Crippen molar-refractivity contribution in [3.8, 4) is 5.75 Å². The normalized spacial score (nSPS) is 10.8. The van der Waals surface area contributed by atoms with Crippen molar-refractivity contribution in [3.05, 3.63) is 45.4 Å². The molecule has 0 bridgehead atoms. The molecule has 0 spiro atoms. The van der Waals surface area contributed by atoms with Crippen LogP contribution in [0.15, 0.2) is 24.3 Å². The summed E-state index contributed by atoms with van der Waals surface area (Å²) in [5.41, 5.74) is 1.13. The van der Waals surface area contributed by atoms with Crippen LogP contribution in [-0.4, -0.2) is 16.1 Å². The molecule has 0 saturated heterocycles. The molecule has 2 aromatic rings. The minimum absolute atomic E-state index is 0.179. The van der Waals surface area contributed by atoms with Crippen molar-refractivity contribution < 1.29 is 14.6 Å². The van der Waals surface area contributed by atoms with Crippen molar-refractivity contribution in [1.29, 1.82) is 0 Å². The van der Waals surface area contributed by atoms with Crippen LogP contribution in [0.2, 0.25) is 0 Å². The molecule has 106 valence electrons. The molecule has 0 fully saturated rings. The third kappa shape index (κ3) is 3.17. The molecule has 0 aliphatic carbocycles. The summed E-state index contributed by atoms with van der Waals surface area (Å²) in [5, 5.41) is 10.2. The van der Waals surface area contributed by atoms with Crippen LogP contribution in [0.4, 0.5) is 0 Å². The van der Waals surface area contributed by atoms with Crippen molar-refractivity contribution >= 4 is 17.3 Å². The molecule has 0 amide bonds. The lowest BCUT2D eigenvalue weighted by molar-refractivity contribution is 0.0692. The van der Waals surface area contributed by atoms with Gasteiger partial charge < -0.3 is 9.84 Å². The number of para-hydroxylation sites is 1. The number of aromatic carboxylic acids is 1. The molecular weight excluding hydrogens is 274 g/mol. The highest BCUT2D eigenvalue weighted by atomic mass is 32.1. The third-order valence-electron chi connectivity index (χ3n) is 2.88. The van der Waals surface area contributed by atoms with Crippen molar-refractivity contribution in [3.63, 3.8) is 0 Å². The van der Waals surface area contributed by atoms with Gasteiger partial charge in [-0.1, -0.05) is 26.0 Å². The Morgan fingerprint density at radius 3 is 2.70 bits per heavy atom. The molecule has 4 nitrogen and oxygen atoms in total. The smallest absolute Gasteiger partial charge is 0.339 e. The number of ether oxygens (including phenoxy) is 1. The number of hydrogen-bond acceptors (Lipinski definition) is 4. The Morgan fingerprint density at radius 2 is 2.10 bits per heavy atom. The Hall–Kier alpha value is -1.88. The molecule has 0 aliphatic rings. The van der Waals surface area contributed by atoms with Gasteiger partial charge >= 0.3 is 5.97 Å². The molecule has 0 atom stereocenters. The first-order valence-electron chi connectivity index (χ1n) is 6.40. The van der Waals surface area contributed by atoms with Crippen molar-refractivity contribution in [2.75, 3.05) is 0 Å². The van der Waals surface area contributed by atoms with Gasteiger partial charge in [0, 0.05) is 5.92 Å². The highest BCUT2D eigenvalue weighted by Crippen LogP contribution is 2.26. The average molecular weight is 291 g/mol. The second-order valence-corrected chi connectivity index (χ2v) is 5.92. The van der Waals surface area contributed by atoms with Crippen LogP contribution in [0.3, 0.4) is 0 Å². The number of aryl methyl sites for hydroxylation is 1. The number of thiazole rings is 1. The van der Waals surface area contributed by atoms with Gasteiger partial charge in [-0.2, -0.15) is 0 Å². The maximum Gasteiger partial charge on any atom is 0.339 e. The Morgan fingerprint density at radius 1 is 1.40 bits per heavy atom. The third-order valence-corrected chi connectivity index (χ3v) is 4.31. The highest BCUT2D eigenvalue weighted by Gasteiger charge is 2.13. The van der Waals surface area contributed by atoms with E-state index in [4.69, 9.17) is 9.84 Å². The molecule has 1 heterocycles. The summed E-state index contributed by atoms with van der Waals surface area (Å²) in [6.07, 6.45) is 0. The van der Waals surface area contributed by atoms with Crippen LogP contribution in [-0.2, 0) is 6.61 Å². The molecular formula is C15H17NO3S. The first-order valence-corrected chi connectivity index (χ1v) is 7.22. The van der Waals surface area contributed by atoms with E-state index in [0.717, 1.165) is 15.6 Å². The number of hydrogen-bond donors (Lipinski definition) is 1. The highest BCUT2D eigenvalue weighted by molar-refractivity contribution is 7.11. The number of rotatable bonds is 5. The van der Waals surface area contributed by atoms with Crippen molar-refractivity contribution in [2.24, 2.45) is 0 Å². The largest absolute Gasteiger partial charge is 0.487 e. The van der Waals surface area contributed by atoms with Crippen LogP contribution < -0.4 is 4.74 Å². The fourth-order valence-electron chi connectivity index (χ4n) is 1.74. The number of carboxylic acid groups (broad SMARTS) is 1. The fraction of sp³-hybridized carbons (Fsp3) is 0.333. The maximum atomic E-state index is 11.1. The molecule has 1 aromatic heterocycles. The molecule has 0 aliphatic heterocycles. The Labute approximate surface area is 122 Å². The van der Waals surface area contributed by atoms with Gasteiger partial charge in [-0.05, 0) is 19.1 Å². The molecule has 1 aromatic carbocycles. The molecule has 1 N–H and O–H groups in total. The van der Waals surface area contributed by atoms with E-state index in [9.17, 15) is 4.79 Å². The number of carbonyl (C=O) groups is 1. The number of aromatic nitrogens is 1. The van der Waals surface area contributed by atoms with Crippen molar-refractivity contribution in [1.82, 2.24) is 4.98 Å². The lowest BCUT2D eigenvalue weighted by Gasteiger charge is -2.07. The zero-order valence-corrected chi connectivity index (χ0v) is 12.5. The summed E-state index contributed by atoms with van der Waals surface area (Å²) in [5.74, 6) is -0.206. The van der Waals surface area contributed by atoms with E-state index in [0.29, 0.717) is 18.3 Å². The fourth-order valence-corrected chi connectivity index (χ4v) is 2.73. The predicted octanol–water partition coefficient (Wildman–Crippen LogP) is 3.85. The van der Waals surface area contributed by atoms with E-state index in [1.807, 2.05) is 6.92 Å². The molecule has 2 rings (SSSR count). The van der Waals surface area contributed by atoms with Crippen LogP contribution >= 0.6 is 11.3 Å². The SMILES string of the molecule is Cc1nc(C(C)C)sc1COc1ccccc1C(=O)O. The summed E-state index contributed by atoms with van der Waals surface area (Å²) >= 11 is 1.62. The quantitative estimate of drug-likeness (QED) is 0.909. The number of carboxylic acids is 1. The topological polar surface area (TPSA) is 59.4 Å². The summed E-state index contributed by atoms with van der Waals surface area (Å²) in [7, 11) is 0. The standard InChI is InChI=1S/C15H17NO3S/c1-9(2)14-16-10(3)13(20-14)8-19-12-7-5-4-6-11(12)15(17)18/h4-7,9H,8H2,1-3H3,(H,17,18). The second kappa shape index (κ2) is 6.05. The first-order chi connectivity index (χ1) is 9.49. The lowest BCUT2D eigenvalue weighted by atomic mass is 10.2. The van der Waals surface area contributed by atoms with Gasteiger partial charge in [0.05, 0.1) is 15.6 Å². The minimum Gasteiger partial charge on any atom is -0.487 e. The first kappa shape index (κ1) is 14.5. The summed E-state index contributed by atoms with van der Waals surface area (Å²) < 4.78 is 5.65. The maximum absolute atomic E-state index is 11.1. The monoisotopic (exact) mass is 291 g/mol. The molecule has 0 radical (unpaired) electrons. The second-order valence-electron chi connectivity index (χ2n) is 4.81. The summed E-state index contributed by atoms with van der Waals surface area (Å²) in [6.45, 7) is 6.50. The Bertz CT molecular complexity index is 619. The van der Waals surface area contributed by atoms with Gasteiger partial charge in [-0.15, -0.1) is 11.3 Å². The van der Waals surface area contributed by atoms with E-state index in [2.05, 4.69) is 18.8 Å². The van der Waals surface area contributed by atoms with Gasteiger partial charge in [-0.3, -0.25) is 0 Å².